The molecule has 0 saturated carbocycles. The first-order chi connectivity index (χ1) is 14.2. The Bertz CT molecular complexity index is 1130. The Morgan fingerprint density at radius 3 is 2.00 bits per heavy atom. The Balaban J connectivity index is 1.85. The average Bonchev–Trinajstić information content (AvgIpc) is 3.22. The van der Waals surface area contributed by atoms with Gasteiger partial charge >= 0.3 is 0 Å². The molecule has 0 radical (unpaired) electrons. The molecule has 7 nitrogen and oxygen atoms in total. The van der Waals surface area contributed by atoms with Gasteiger partial charge in [-0.15, -0.1) is 0 Å². The molecule has 0 atom stereocenters. The highest BCUT2D eigenvalue weighted by Crippen LogP contribution is 2.41. The lowest BCUT2D eigenvalue weighted by atomic mass is 10.1. The van der Waals surface area contributed by atoms with E-state index in [0.717, 1.165) is 33.9 Å². The van der Waals surface area contributed by atoms with Gasteiger partial charge in [0, 0.05) is 23.4 Å². The van der Waals surface area contributed by atoms with E-state index in [0.29, 0.717) is 17.2 Å². The summed E-state index contributed by atoms with van der Waals surface area (Å²) >= 11 is 0. The van der Waals surface area contributed by atoms with Crippen LogP contribution in [-0.2, 0) is 0 Å². The lowest BCUT2D eigenvalue weighted by molar-refractivity contribution is 0.324. The molecule has 0 bridgehead atoms. The van der Waals surface area contributed by atoms with E-state index in [4.69, 9.17) is 24.0 Å². The molecule has 148 valence electrons. The number of methoxy groups -OCH3 is 4. The normalized spacial score (nSPS) is 10.8. The third-order valence-corrected chi connectivity index (χ3v) is 4.70. The van der Waals surface area contributed by atoms with Crippen LogP contribution >= 0.6 is 0 Å². The van der Waals surface area contributed by atoms with Crippen LogP contribution in [0, 0.1) is 0 Å². The molecule has 0 saturated heterocycles. The molecule has 7 heteroatoms. The molecule has 0 spiro atoms. The van der Waals surface area contributed by atoms with Crippen LogP contribution in [0.15, 0.2) is 54.7 Å². The highest BCUT2D eigenvalue weighted by atomic mass is 16.5. The van der Waals surface area contributed by atoms with Crippen LogP contribution in [0.2, 0.25) is 0 Å². The predicted octanol–water partition coefficient (Wildman–Crippen LogP) is 4.10. The molecule has 2 heterocycles. The Morgan fingerprint density at radius 2 is 1.41 bits per heavy atom. The minimum atomic E-state index is 0.545. The van der Waals surface area contributed by atoms with Gasteiger partial charge in [-0.2, -0.15) is 5.10 Å². The Labute approximate surface area is 168 Å². The predicted molar refractivity (Wildman–Crippen MR) is 110 cm³/mol. The van der Waals surface area contributed by atoms with Gasteiger partial charge in [-0.3, -0.25) is 0 Å². The van der Waals surface area contributed by atoms with Gasteiger partial charge in [0.2, 0.25) is 5.75 Å². The van der Waals surface area contributed by atoms with Gasteiger partial charge in [0.25, 0.3) is 0 Å². The van der Waals surface area contributed by atoms with E-state index < -0.39 is 0 Å². The highest BCUT2D eigenvalue weighted by molar-refractivity contribution is 5.72. The van der Waals surface area contributed by atoms with Crippen molar-refractivity contribution in [3.05, 3.63) is 54.7 Å². The molecule has 0 aliphatic heterocycles. The van der Waals surface area contributed by atoms with Gasteiger partial charge in [-0.1, -0.05) is 0 Å². The van der Waals surface area contributed by atoms with Gasteiger partial charge in [0.05, 0.1) is 39.8 Å². The summed E-state index contributed by atoms with van der Waals surface area (Å²) in [6.07, 6.45) is 1.76. The van der Waals surface area contributed by atoms with Crippen LogP contribution in [0.25, 0.3) is 28.2 Å². The van der Waals surface area contributed by atoms with Crippen molar-refractivity contribution < 1.29 is 18.9 Å². The zero-order valence-electron chi connectivity index (χ0n) is 16.7. The summed E-state index contributed by atoms with van der Waals surface area (Å²) in [6.45, 7) is 0. The smallest absolute Gasteiger partial charge is 0.203 e. The van der Waals surface area contributed by atoms with Crippen LogP contribution in [0.5, 0.6) is 23.0 Å². The molecule has 0 N–H and O–H groups in total. The number of ether oxygens (including phenoxy) is 4. The van der Waals surface area contributed by atoms with E-state index in [2.05, 4.69) is 4.98 Å². The molecular weight excluding hydrogens is 370 g/mol. The third kappa shape index (κ3) is 3.31. The summed E-state index contributed by atoms with van der Waals surface area (Å²) < 4.78 is 23.4. The largest absolute Gasteiger partial charge is 0.497 e. The lowest BCUT2D eigenvalue weighted by Crippen LogP contribution is -1.99. The van der Waals surface area contributed by atoms with Crippen LogP contribution in [-0.4, -0.2) is 43.0 Å². The second kappa shape index (κ2) is 7.71. The average molecular weight is 391 g/mol. The monoisotopic (exact) mass is 391 g/mol. The van der Waals surface area contributed by atoms with Gasteiger partial charge in [0.1, 0.15) is 5.75 Å². The van der Waals surface area contributed by atoms with Gasteiger partial charge < -0.3 is 18.9 Å². The fourth-order valence-electron chi connectivity index (χ4n) is 3.25. The molecule has 0 aliphatic carbocycles. The van der Waals surface area contributed by atoms with Crippen LogP contribution in [0.1, 0.15) is 0 Å². The molecule has 2 aromatic heterocycles. The van der Waals surface area contributed by atoms with Gasteiger partial charge in [-0.05, 0) is 42.5 Å². The van der Waals surface area contributed by atoms with Gasteiger partial charge in [-0.25, -0.2) is 9.50 Å². The minimum absolute atomic E-state index is 0.545. The molecule has 0 amide bonds. The van der Waals surface area contributed by atoms with Crippen molar-refractivity contribution in [2.45, 2.75) is 0 Å². The molecular formula is C22H21N3O4. The van der Waals surface area contributed by atoms with E-state index in [-0.39, 0.29) is 0 Å². The molecule has 29 heavy (non-hydrogen) atoms. The Morgan fingerprint density at radius 1 is 0.724 bits per heavy atom. The number of nitrogens with zero attached hydrogens (tertiary/aromatic N) is 3. The molecule has 0 aliphatic rings. The van der Waals surface area contributed by atoms with Crippen molar-refractivity contribution >= 4 is 5.65 Å². The number of hydrogen-bond donors (Lipinski definition) is 0. The first-order valence-corrected chi connectivity index (χ1v) is 8.98. The zero-order valence-corrected chi connectivity index (χ0v) is 16.7. The Hall–Kier alpha value is -3.74. The fourth-order valence-corrected chi connectivity index (χ4v) is 3.25. The van der Waals surface area contributed by atoms with E-state index >= 15 is 0 Å². The topological polar surface area (TPSA) is 67.1 Å². The van der Waals surface area contributed by atoms with E-state index in [1.54, 1.807) is 39.2 Å². The molecule has 0 fully saturated rings. The van der Waals surface area contributed by atoms with Crippen molar-refractivity contribution in [1.82, 2.24) is 14.6 Å². The van der Waals surface area contributed by atoms with E-state index in [1.165, 1.54) is 0 Å². The summed E-state index contributed by atoms with van der Waals surface area (Å²) in [5.41, 5.74) is 4.26. The molecule has 4 rings (SSSR count). The summed E-state index contributed by atoms with van der Waals surface area (Å²) in [5.74, 6) is 2.50. The zero-order chi connectivity index (χ0) is 20.4. The summed E-state index contributed by atoms with van der Waals surface area (Å²) in [6, 6.07) is 15.4. The summed E-state index contributed by atoms with van der Waals surface area (Å²) in [4.78, 5) is 4.45. The second-order valence-electron chi connectivity index (χ2n) is 6.27. The molecule has 2 aromatic carbocycles. The number of rotatable bonds is 6. The van der Waals surface area contributed by atoms with Crippen LogP contribution in [0.4, 0.5) is 0 Å². The van der Waals surface area contributed by atoms with Crippen molar-refractivity contribution in [2.24, 2.45) is 0 Å². The standard InChI is InChI=1S/C22H21N3O4/c1-26-16-7-5-14(6-8-16)17-13-21-23-10-9-18(25(21)24-17)15-11-19(27-2)22(29-4)20(12-15)28-3/h5-13H,1-4H3. The number of benzene rings is 2. The second-order valence-corrected chi connectivity index (χ2v) is 6.27. The first kappa shape index (κ1) is 18.6. The van der Waals surface area contributed by atoms with Crippen molar-refractivity contribution in [1.29, 1.82) is 0 Å². The maximum atomic E-state index is 5.49. The van der Waals surface area contributed by atoms with Crippen LogP contribution < -0.4 is 18.9 Å². The van der Waals surface area contributed by atoms with E-state index in [9.17, 15) is 0 Å². The molecule has 0 unspecified atom stereocenters. The number of aromatic nitrogens is 3. The lowest BCUT2D eigenvalue weighted by Gasteiger charge is -2.14. The maximum absolute atomic E-state index is 5.49. The maximum Gasteiger partial charge on any atom is 0.203 e. The first-order valence-electron chi connectivity index (χ1n) is 8.98. The van der Waals surface area contributed by atoms with Crippen molar-refractivity contribution in [2.75, 3.05) is 28.4 Å². The van der Waals surface area contributed by atoms with E-state index in [1.807, 2.05) is 48.5 Å². The quantitative estimate of drug-likeness (QED) is 0.493. The fraction of sp³-hybridized carbons (Fsp3) is 0.182. The molecule has 4 aromatic rings. The van der Waals surface area contributed by atoms with Crippen molar-refractivity contribution in [3.63, 3.8) is 0 Å². The van der Waals surface area contributed by atoms with Gasteiger partial charge in [0.15, 0.2) is 17.1 Å². The highest BCUT2D eigenvalue weighted by Gasteiger charge is 2.17. The summed E-state index contributed by atoms with van der Waals surface area (Å²) in [7, 11) is 6.42. The van der Waals surface area contributed by atoms with Crippen LogP contribution in [0.3, 0.4) is 0 Å². The summed E-state index contributed by atoms with van der Waals surface area (Å²) in [5, 5.41) is 4.77. The number of fused-ring (bicyclic) bond motifs is 1. The minimum Gasteiger partial charge on any atom is -0.497 e. The number of hydrogen-bond acceptors (Lipinski definition) is 6. The SMILES string of the molecule is COc1ccc(-c2cc3nccc(-c4cc(OC)c(OC)c(OC)c4)n3n2)cc1. The Kier molecular flexibility index (Phi) is 4.95. The third-order valence-electron chi connectivity index (χ3n) is 4.70. The van der Waals surface area contributed by atoms with Crippen molar-refractivity contribution in [3.8, 4) is 45.5 Å².